The lowest BCUT2D eigenvalue weighted by molar-refractivity contribution is 0.147. The average Bonchev–Trinajstić information content (AvgIpc) is 2.67. The zero-order valence-electron chi connectivity index (χ0n) is 9.18. The Kier molecular flexibility index (Phi) is 2.77. The second kappa shape index (κ2) is 3.83. The van der Waals surface area contributed by atoms with Gasteiger partial charge in [-0.15, -0.1) is 0 Å². The molecule has 1 aromatic heterocycles. The minimum atomic E-state index is -3.39. The Morgan fingerprint density at radius 2 is 2.31 bits per heavy atom. The van der Waals surface area contributed by atoms with E-state index in [1.54, 1.807) is 0 Å². The van der Waals surface area contributed by atoms with E-state index in [1.165, 1.54) is 16.7 Å². The lowest BCUT2D eigenvalue weighted by Crippen LogP contribution is -2.68. The molecule has 0 unspecified atom stereocenters. The number of hydrogen-bond donors (Lipinski definition) is 2. The summed E-state index contributed by atoms with van der Waals surface area (Å²) in [6.07, 6.45) is 4.51. The van der Waals surface area contributed by atoms with Gasteiger partial charge in [-0.1, -0.05) is 13.3 Å². The van der Waals surface area contributed by atoms with Gasteiger partial charge < -0.3 is 5.73 Å². The fraction of sp³-hybridized carbons (Fsp3) is 0.667. The molecular weight excluding hydrogens is 228 g/mol. The molecule has 0 saturated carbocycles. The van der Waals surface area contributed by atoms with Crippen LogP contribution in [0.25, 0.3) is 0 Å². The third kappa shape index (κ3) is 1.85. The van der Waals surface area contributed by atoms with Crippen molar-refractivity contribution in [3.63, 3.8) is 0 Å². The maximum atomic E-state index is 12.0. The Hall–Kier alpha value is -0.920. The summed E-state index contributed by atoms with van der Waals surface area (Å²) in [5, 5.41) is 6.14. The Morgan fingerprint density at radius 3 is 2.81 bits per heavy atom. The molecule has 0 atom stereocenters. The van der Waals surface area contributed by atoms with E-state index in [0.29, 0.717) is 13.1 Å². The van der Waals surface area contributed by atoms with Crippen molar-refractivity contribution in [3.8, 4) is 0 Å². The fourth-order valence-corrected chi connectivity index (χ4v) is 3.55. The summed E-state index contributed by atoms with van der Waals surface area (Å²) in [6.45, 7) is 2.84. The number of nitrogens with two attached hydrogens (primary N) is 1. The lowest BCUT2D eigenvalue weighted by Gasteiger charge is -2.46. The number of H-pyrrole nitrogens is 1. The maximum absolute atomic E-state index is 12.0. The fourth-order valence-electron chi connectivity index (χ4n) is 2.01. The molecule has 1 aliphatic heterocycles. The minimum absolute atomic E-state index is 0.200. The van der Waals surface area contributed by atoms with Crippen LogP contribution in [0.5, 0.6) is 0 Å². The molecule has 6 nitrogen and oxygen atoms in total. The first-order chi connectivity index (χ1) is 7.48. The molecule has 0 bridgehead atoms. The van der Waals surface area contributed by atoms with E-state index >= 15 is 0 Å². The van der Waals surface area contributed by atoms with E-state index < -0.39 is 10.0 Å². The Morgan fingerprint density at radius 1 is 1.62 bits per heavy atom. The zero-order valence-corrected chi connectivity index (χ0v) is 10.00. The molecule has 16 heavy (non-hydrogen) atoms. The molecule has 0 amide bonds. The van der Waals surface area contributed by atoms with E-state index in [4.69, 9.17) is 5.73 Å². The van der Waals surface area contributed by atoms with Crippen LogP contribution in [-0.2, 0) is 10.0 Å². The topological polar surface area (TPSA) is 92.1 Å². The molecule has 90 valence electrons. The van der Waals surface area contributed by atoms with Crippen molar-refractivity contribution < 1.29 is 8.42 Å². The van der Waals surface area contributed by atoms with Crippen molar-refractivity contribution >= 4 is 10.0 Å². The molecule has 1 aromatic rings. The van der Waals surface area contributed by atoms with Gasteiger partial charge in [0.05, 0.1) is 6.20 Å². The van der Waals surface area contributed by atoms with Gasteiger partial charge in [-0.25, -0.2) is 8.42 Å². The molecule has 0 aromatic carbocycles. The van der Waals surface area contributed by atoms with Crippen LogP contribution < -0.4 is 5.73 Å². The van der Waals surface area contributed by atoms with Gasteiger partial charge in [-0.2, -0.15) is 9.40 Å². The predicted octanol–water partition coefficient (Wildman–Crippen LogP) is -0.0884. The first kappa shape index (κ1) is 11.6. The van der Waals surface area contributed by atoms with E-state index in [9.17, 15) is 8.42 Å². The van der Waals surface area contributed by atoms with Gasteiger partial charge in [-0.05, 0) is 6.42 Å². The minimum Gasteiger partial charge on any atom is -0.323 e. The molecule has 1 saturated heterocycles. The average molecular weight is 244 g/mol. The molecule has 0 spiro atoms. The second-order valence-corrected chi connectivity index (χ2v) is 6.26. The van der Waals surface area contributed by atoms with Crippen molar-refractivity contribution in [2.45, 2.75) is 30.2 Å². The Labute approximate surface area is 94.9 Å². The van der Waals surface area contributed by atoms with Gasteiger partial charge >= 0.3 is 0 Å². The van der Waals surface area contributed by atoms with Crippen LogP contribution in [0.15, 0.2) is 17.3 Å². The summed E-state index contributed by atoms with van der Waals surface area (Å²) < 4.78 is 25.4. The molecule has 3 N–H and O–H groups in total. The van der Waals surface area contributed by atoms with E-state index in [0.717, 1.165) is 12.8 Å². The highest BCUT2D eigenvalue weighted by Gasteiger charge is 2.45. The summed E-state index contributed by atoms with van der Waals surface area (Å²) in [4.78, 5) is 0.200. The Bertz CT molecular complexity index is 448. The molecule has 0 aliphatic carbocycles. The van der Waals surface area contributed by atoms with Gasteiger partial charge in [0, 0.05) is 24.8 Å². The van der Waals surface area contributed by atoms with Crippen LogP contribution in [0.3, 0.4) is 0 Å². The molecule has 1 fully saturated rings. The quantitative estimate of drug-likeness (QED) is 0.774. The van der Waals surface area contributed by atoms with E-state index in [-0.39, 0.29) is 10.4 Å². The van der Waals surface area contributed by atoms with Crippen molar-refractivity contribution in [2.75, 3.05) is 13.1 Å². The van der Waals surface area contributed by atoms with Crippen LogP contribution >= 0.6 is 0 Å². The van der Waals surface area contributed by atoms with Gasteiger partial charge in [0.15, 0.2) is 0 Å². The van der Waals surface area contributed by atoms with Gasteiger partial charge in [-0.3, -0.25) is 5.10 Å². The second-order valence-electron chi connectivity index (χ2n) is 4.32. The van der Waals surface area contributed by atoms with Crippen molar-refractivity contribution in [1.29, 1.82) is 0 Å². The largest absolute Gasteiger partial charge is 0.323 e. The third-order valence-electron chi connectivity index (χ3n) is 2.84. The van der Waals surface area contributed by atoms with Gasteiger partial charge in [0.25, 0.3) is 0 Å². The SMILES string of the molecule is CCCC1(N)CN(S(=O)(=O)c2cn[nH]c2)C1. The lowest BCUT2D eigenvalue weighted by atomic mass is 9.89. The van der Waals surface area contributed by atoms with Crippen molar-refractivity contribution in [2.24, 2.45) is 5.73 Å². The predicted molar refractivity (Wildman–Crippen MR) is 59.2 cm³/mol. The number of sulfonamides is 1. The summed E-state index contributed by atoms with van der Waals surface area (Å²) in [7, 11) is -3.39. The number of nitrogens with zero attached hydrogens (tertiary/aromatic N) is 2. The number of nitrogens with one attached hydrogen (secondary N) is 1. The van der Waals surface area contributed by atoms with Crippen LogP contribution in [-0.4, -0.2) is 41.5 Å². The van der Waals surface area contributed by atoms with Crippen molar-refractivity contribution in [3.05, 3.63) is 12.4 Å². The van der Waals surface area contributed by atoms with E-state index in [1.807, 2.05) is 6.92 Å². The van der Waals surface area contributed by atoms with Crippen molar-refractivity contribution in [1.82, 2.24) is 14.5 Å². The normalized spacial score (nSPS) is 20.6. The van der Waals surface area contributed by atoms with Gasteiger partial charge in [0.2, 0.25) is 10.0 Å². The Balaban J connectivity index is 2.08. The molecule has 7 heteroatoms. The summed E-state index contributed by atoms with van der Waals surface area (Å²) in [6, 6.07) is 0. The molecule has 1 aliphatic rings. The monoisotopic (exact) mass is 244 g/mol. The van der Waals surface area contributed by atoms with Gasteiger partial charge in [0.1, 0.15) is 4.90 Å². The summed E-state index contributed by atoms with van der Waals surface area (Å²) in [5.41, 5.74) is 5.68. The molecule has 0 radical (unpaired) electrons. The smallest absolute Gasteiger partial charge is 0.246 e. The molecule has 2 rings (SSSR count). The summed E-state index contributed by atoms with van der Waals surface area (Å²) >= 11 is 0. The van der Waals surface area contributed by atoms with E-state index in [2.05, 4.69) is 10.2 Å². The molecule has 2 heterocycles. The first-order valence-electron chi connectivity index (χ1n) is 5.26. The number of aromatic nitrogens is 2. The van der Waals surface area contributed by atoms with Crippen LogP contribution in [0.2, 0.25) is 0 Å². The highest BCUT2D eigenvalue weighted by Crippen LogP contribution is 2.28. The molecular formula is C9H16N4O2S. The first-order valence-corrected chi connectivity index (χ1v) is 6.70. The third-order valence-corrected chi connectivity index (χ3v) is 4.60. The standard InChI is InChI=1S/C9H16N4O2S/c1-2-3-9(10)6-13(7-9)16(14,15)8-4-11-12-5-8/h4-5H,2-3,6-7,10H2,1H3,(H,11,12). The highest BCUT2D eigenvalue weighted by atomic mass is 32.2. The number of hydrogen-bond acceptors (Lipinski definition) is 4. The highest BCUT2D eigenvalue weighted by molar-refractivity contribution is 7.89. The number of rotatable bonds is 4. The number of aromatic amines is 1. The van der Waals surface area contributed by atoms with Crippen LogP contribution in [0.4, 0.5) is 0 Å². The van der Waals surface area contributed by atoms with Crippen LogP contribution in [0.1, 0.15) is 19.8 Å². The summed E-state index contributed by atoms with van der Waals surface area (Å²) in [5.74, 6) is 0. The zero-order chi connectivity index (χ0) is 11.8. The van der Waals surface area contributed by atoms with Crippen LogP contribution in [0, 0.1) is 0 Å². The maximum Gasteiger partial charge on any atom is 0.246 e.